The van der Waals surface area contributed by atoms with Gasteiger partial charge in [-0.25, -0.2) is 0 Å². The highest BCUT2D eigenvalue weighted by Crippen LogP contribution is 2.43. The molecule has 25 heavy (non-hydrogen) atoms. The molecule has 1 saturated heterocycles. The number of hydrogen-bond donors (Lipinski definition) is 1. The molecule has 3 atom stereocenters. The Balaban J connectivity index is 1.86. The van der Waals surface area contributed by atoms with Crippen molar-refractivity contribution in [3.63, 3.8) is 0 Å². The van der Waals surface area contributed by atoms with Gasteiger partial charge in [0.15, 0.2) is 0 Å². The first-order chi connectivity index (χ1) is 11.6. The molecule has 2 heterocycles. The van der Waals surface area contributed by atoms with Gasteiger partial charge in [0.1, 0.15) is 13.8 Å². The van der Waals surface area contributed by atoms with Crippen LogP contribution in [0.5, 0.6) is 0 Å². The van der Waals surface area contributed by atoms with E-state index in [1.165, 1.54) is 5.19 Å². The van der Waals surface area contributed by atoms with Gasteiger partial charge in [-0.15, -0.1) is 0 Å². The lowest BCUT2D eigenvalue weighted by Crippen LogP contribution is -2.59. The molecule has 2 aromatic rings. The van der Waals surface area contributed by atoms with Gasteiger partial charge in [0, 0.05) is 0 Å². The lowest BCUT2D eigenvalue weighted by atomic mass is 9.86. The minimum atomic E-state index is -1.76. The SMILES string of the molecule is C[C@H]([C@@H]1C(=O)N[C@@H]1c1ccc([Si](C)(C)C)o1)[Si](C)(C)c1ccccc1. The highest BCUT2D eigenvalue weighted by molar-refractivity contribution is 6.91. The molecule has 1 aliphatic heterocycles. The molecule has 1 aliphatic rings. The lowest BCUT2D eigenvalue weighted by molar-refractivity contribution is -0.136. The molecule has 1 amide bonds. The largest absolute Gasteiger partial charge is 0.469 e. The van der Waals surface area contributed by atoms with Crippen LogP contribution in [0, 0.1) is 5.92 Å². The number of nitrogens with one attached hydrogen (secondary N) is 1. The van der Waals surface area contributed by atoms with Gasteiger partial charge < -0.3 is 9.73 Å². The highest BCUT2D eigenvalue weighted by Gasteiger charge is 2.50. The third-order valence-electron chi connectivity index (χ3n) is 5.83. The van der Waals surface area contributed by atoms with E-state index in [0.717, 1.165) is 11.1 Å². The van der Waals surface area contributed by atoms with Crippen molar-refractivity contribution < 1.29 is 9.21 Å². The standard InChI is InChI=1S/C20H29NO2Si2/c1-14(25(5,6)15-10-8-7-9-11-15)18-19(21-20(18)22)16-12-13-17(23-16)24(2,3)4/h7-14,18-19H,1-6H3,(H,21,22)/t14-,18+,19-/m1/s1. The predicted molar refractivity (Wildman–Crippen MR) is 109 cm³/mol. The molecular weight excluding hydrogens is 342 g/mol. The van der Waals surface area contributed by atoms with E-state index in [9.17, 15) is 4.79 Å². The molecule has 0 saturated carbocycles. The first-order valence-electron chi connectivity index (χ1n) is 9.08. The van der Waals surface area contributed by atoms with Crippen molar-refractivity contribution in [2.24, 2.45) is 5.92 Å². The van der Waals surface area contributed by atoms with Crippen molar-refractivity contribution in [2.45, 2.75) is 51.2 Å². The summed E-state index contributed by atoms with van der Waals surface area (Å²) in [6.45, 7) is 13.8. The van der Waals surface area contributed by atoms with E-state index in [2.05, 4.69) is 87.4 Å². The summed E-state index contributed by atoms with van der Waals surface area (Å²) in [7, 11) is -3.23. The highest BCUT2D eigenvalue weighted by atomic mass is 28.3. The zero-order valence-corrected chi connectivity index (χ0v) is 18.1. The number of furan rings is 1. The number of carbonyl (C=O) groups excluding carboxylic acids is 1. The summed E-state index contributed by atoms with van der Waals surface area (Å²) in [5.41, 5.74) is 0.342. The number of amides is 1. The summed E-state index contributed by atoms with van der Waals surface area (Å²) in [4.78, 5) is 12.4. The number of hydrogen-bond acceptors (Lipinski definition) is 2. The predicted octanol–water partition coefficient (Wildman–Crippen LogP) is 3.62. The van der Waals surface area contributed by atoms with Crippen LogP contribution in [0.2, 0.25) is 38.3 Å². The molecule has 1 fully saturated rings. The third kappa shape index (κ3) is 3.27. The number of β-lactam (4-membered cyclic amide) rings is 1. The summed E-state index contributed by atoms with van der Waals surface area (Å²) in [6, 6.07) is 14.9. The second-order valence-corrected chi connectivity index (χ2v) is 18.8. The van der Waals surface area contributed by atoms with Crippen LogP contribution in [-0.2, 0) is 4.79 Å². The Morgan fingerprint density at radius 3 is 2.16 bits per heavy atom. The molecular formula is C20H29NO2Si2. The lowest BCUT2D eigenvalue weighted by Gasteiger charge is -2.44. The van der Waals surface area contributed by atoms with Crippen LogP contribution in [0.3, 0.4) is 0 Å². The minimum absolute atomic E-state index is 0.00232. The van der Waals surface area contributed by atoms with Gasteiger partial charge in [0.25, 0.3) is 0 Å². The molecule has 0 bridgehead atoms. The van der Waals surface area contributed by atoms with Crippen molar-refractivity contribution in [1.82, 2.24) is 5.32 Å². The third-order valence-corrected chi connectivity index (χ3v) is 12.0. The molecule has 1 aromatic heterocycles. The molecule has 0 spiro atoms. The van der Waals surface area contributed by atoms with Crippen LogP contribution in [0.1, 0.15) is 18.7 Å². The quantitative estimate of drug-likeness (QED) is 0.644. The fraction of sp³-hybridized carbons (Fsp3) is 0.450. The van der Waals surface area contributed by atoms with Crippen molar-refractivity contribution in [3.8, 4) is 0 Å². The first kappa shape index (κ1) is 18.2. The Morgan fingerprint density at radius 1 is 1.00 bits per heavy atom. The summed E-state index contributed by atoms with van der Waals surface area (Å²) in [6.07, 6.45) is 0. The van der Waals surface area contributed by atoms with E-state index >= 15 is 0 Å². The van der Waals surface area contributed by atoms with Gasteiger partial charge in [-0.05, 0) is 17.7 Å². The van der Waals surface area contributed by atoms with Crippen LogP contribution in [0.15, 0.2) is 46.9 Å². The normalized spacial score (nSPS) is 22.2. The number of benzene rings is 1. The zero-order valence-electron chi connectivity index (χ0n) is 16.1. The van der Waals surface area contributed by atoms with Crippen LogP contribution in [0.25, 0.3) is 0 Å². The molecule has 134 valence electrons. The van der Waals surface area contributed by atoms with Crippen LogP contribution < -0.4 is 15.9 Å². The summed E-state index contributed by atoms with van der Waals surface area (Å²) < 4.78 is 6.16. The number of rotatable bonds is 5. The van der Waals surface area contributed by atoms with E-state index in [0.29, 0.717) is 5.54 Å². The zero-order chi connectivity index (χ0) is 18.4. The van der Waals surface area contributed by atoms with Crippen LogP contribution in [-0.4, -0.2) is 22.1 Å². The summed E-state index contributed by atoms with van der Waals surface area (Å²) in [5, 5.41) is 5.60. The van der Waals surface area contributed by atoms with Crippen molar-refractivity contribution in [2.75, 3.05) is 0 Å². The van der Waals surface area contributed by atoms with Crippen molar-refractivity contribution in [1.29, 1.82) is 0 Å². The Morgan fingerprint density at radius 2 is 1.64 bits per heavy atom. The topological polar surface area (TPSA) is 42.2 Å². The maximum atomic E-state index is 12.4. The van der Waals surface area contributed by atoms with Gasteiger partial charge in [-0.3, -0.25) is 4.79 Å². The van der Waals surface area contributed by atoms with Gasteiger partial charge in [0.05, 0.1) is 25.4 Å². The average Bonchev–Trinajstić information content (AvgIpc) is 3.02. The van der Waals surface area contributed by atoms with Crippen LogP contribution in [0.4, 0.5) is 0 Å². The number of carbonyl (C=O) groups is 1. The smallest absolute Gasteiger partial charge is 0.226 e. The summed E-state index contributed by atoms with van der Waals surface area (Å²) in [5.74, 6) is 1.09. The van der Waals surface area contributed by atoms with E-state index < -0.39 is 16.1 Å². The van der Waals surface area contributed by atoms with Crippen molar-refractivity contribution >= 4 is 32.6 Å². The van der Waals surface area contributed by atoms with E-state index in [1.807, 2.05) is 0 Å². The van der Waals surface area contributed by atoms with E-state index in [-0.39, 0.29) is 17.9 Å². The minimum Gasteiger partial charge on any atom is -0.469 e. The summed E-state index contributed by atoms with van der Waals surface area (Å²) >= 11 is 0. The second kappa shape index (κ2) is 6.29. The van der Waals surface area contributed by atoms with Crippen LogP contribution >= 0.6 is 0 Å². The molecule has 0 unspecified atom stereocenters. The second-order valence-electron chi connectivity index (χ2n) is 8.84. The molecule has 1 aromatic carbocycles. The molecule has 1 N–H and O–H groups in total. The van der Waals surface area contributed by atoms with E-state index in [4.69, 9.17) is 4.42 Å². The first-order valence-corrected chi connectivity index (χ1v) is 15.7. The molecule has 3 nitrogen and oxygen atoms in total. The molecule has 3 rings (SSSR count). The van der Waals surface area contributed by atoms with Gasteiger partial charge >= 0.3 is 0 Å². The fourth-order valence-corrected chi connectivity index (χ4v) is 7.49. The Hall–Kier alpha value is -1.60. The monoisotopic (exact) mass is 371 g/mol. The Bertz CT molecular complexity index is 762. The average molecular weight is 372 g/mol. The van der Waals surface area contributed by atoms with Gasteiger partial charge in [-0.2, -0.15) is 0 Å². The van der Waals surface area contributed by atoms with Crippen molar-refractivity contribution in [3.05, 3.63) is 48.2 Å². The maximum absolute atomic E-state index is 12.4. The maximum Gasteiger partial charge on any atom is 0.226 e. The Labute approximate surface area is 152 Å². The van der Waals surface area contributed by atoms with E-state index in [1.54, 1.807) is 0 Å². The molecule has 5 heteroatoms. The molecule has 0 radical (unpaired) electrons. The molecule has 0 aliphatic carbocycles. The van der Waals surface area contributed by atoms with Gasteiger partial charge in [0.2, 0.25) is 5.91 Å². The van der Waals surface area contributed by atoms with Gasteiger partial charge in [-0.1, -0.05) is 75.2 Å². The Kier molecular flexibility index (Phi) is 4.58. The fourth-order valence-electron chi connectivity index (χ4n) is 3.66.